The minimum Gasteiger partial charge on any atom is -0.321 e. The molecule has 2 unspecified atom stereocenters. The number of hydrogen-bond acceptors (Lipinski definition) is 1. The summed E-state index contributed by atoms with van der Waals surface area (Å²) in [5.41, 5.74) is 9.72. The summed E-state index contributed by atoms with van der Waals surface area (Å²) in [5.74, 6) is 0.808. The standard InChI is InChI=1S/C18H29N/c1-14-7-5-8-16(13-14)18(19)11-6-9-15(10-12-18)17(2,3)4/h5,7-8,13,15H,6,9-12,19H2,1-4H3. The first-order chi connectivity index (χ1) is 8.81. The van der Waals surface area contributed by atoms with Gasteiger partial charge in [-0.2, -0.15) is 0 Å². The van der Waals surface area contributed by atoms with Crippen molar-refractivity contribution >= 4 is 0 Å². The molecule has 1 fully saturated rings. The van der Waals surface area contributed by atoms with Gasteiger partial charge in [-0.1, -0.05) is 57.0 Å². The Morgan fingerprint density at radius 2 is 1.89 bits per heavy atom. The van der Waals surface area contributed by atoms with E-state index in [1.807, 2.05) is 0 Å². The first-order valence-electron chi connectivity index (χ1n) is 7.67. The van der Waals surface area contributed by atoms with Gasteiger partial charge in [0.15, 0.2) is 0 Å². The third-order valence-corrected chi connectivity index (χ3v) is 4.93. The fourth-order valence-corrected chi connectivity index (χ4v) is 3.47. The van der Waals surface area contributed by atoms with Crippen molar-refractivity contribution in [2.45, 2.75) is 65.3 Å². The SMILES string of the molecule is Cc1cccc(C2(N)CCCC(C(C)(C)C)CC2)c1. The summed E-state index contributed by atoms with van der Waals surface area (Å²) in [6, 6.07) is 8.79. The maximum absolute atomic E-state index is 6.75. The molecular formula is C18H29N. The highest BCUT2D eigenvalue weighted by atomic mass is 14.7. The molecule has 2 atom stereocenters. The Kier molecular flexibility index (Phi) is 4.06. The summed E-state index contributed by atoms with van der Waals surface area (Å²) in [4.78, 5) is 0. The van der Waals surface area contributed by atoms with E-state index in [1.54, 1.807) is 0 Å². The number of aryl methyl sites for hydroxylation is 1. The van der Waals surface area contributed by atoms with E-state index in [-0.39, 0.29) is 5.54 Å². The van der Waals surface area contributed by atoms with Crippen LogP contribution in [0.1, 0.15) is 64.0 Å². The molecule has 0 aliphatic heterocycles. The number of nitrogens with two attached hydrogens (primary N) is 1. The Balaban J connectivity index is 2.18. The molecule has 1 aliphatic rings. The van der Waals surface area contributed by atoms with E-state index in [2.05, 4.69) is 52.0 Å². The summed E-state index contributed by atoms with van der Waals surface area (Å²) >= 11 is 0. The predicted molar refractivity (Wildman–Crippen MR) is 83.1 cm³/mol. The molecule has 1 aliphatic carbocycles. The molecule has 0 aromatic heterocycles. The van der Waals surface area contributed by atoms with Crippen LogP contribution in [0.2, 0.25) is 0 Å². The van der Waals surface area contributed by atoms with Gasteiger partial charge in [-0.3, -0.25) is 0 Å². The Hall–Kier alpha value is -0.820. The highest BCUT2D eigenvalue weighted by Crippen LogP contribution is 2.42. The van der Waals surface area contributed by atoms with Crippen LogP contribution in [0.3, 0.4) is 0 Å². The van der Waals surface area contributed by atoms with Gasteiger partial charge in [-0.25, -0.2) is 0 Å². The Labute approximate surface area is 118 Å². The van der Waals surface area contributed by atoms with Crippen LogP contribution < -0.4 is 5.73 Å². The third kappa shape index (κ3) is 3.39. The van der Waals surface area contributed by atoms with Gasteiger partial charge in [-0.05, 0) is 49.5 Å². The molecule has 2 rings (SSSR count). The molecule has 2 N–H and O–H groups in total. The Morgan fingerprint density at radius 1 is 1.16 bits per heavy atom. The van der Waals surface area contributed by atoms with Gasteiger partial charge in [0.25, 0.3) is 0 Å². The van der Waals surface area contributed by atoms with Crippen LogP contribution in [0.25, 0.3) is 0 Å². The highest BCUT2D eigenvalue weighted by molar-refractivity contribution is 5.29. The van der Waals surface area contributed by atoms with Crippen molar-refractivity contribution in [3.8, 4) is 0 Å². The molecule has 0 radical (unpaired) electrons. The quantitative estimate of drug-likeness (QED) is 0.722. The van der Waals surface area contributed by atoms with E-state index in [1.165, 1.54) is 30.4 Å². The zero-order chi connectivity index (χ0) is 14.1. The van der Waals surface area contributed by atoms with Crippen LogP contribution in [-0.2, 0) is 5.54 Å². The second-order valence-corrected chi connectivity index (χ2v) is 7.52. The lowest BCUT2D eigenvalue weighted by molar-refractivity contribution is 0.211. The number of benzene rings is 1. The van der Waals surface area contributed by atoms with Gasteiger partial charge in [0.2, 0.25) is 0 Å². The van der Waals surface area contributed by atoms with Crippen LogP contribution in [0, 0.1) is 18.3 Å². The maximum Gasteiger partial charge on any atom is 0.0409 e. The molecule has 1 aromatic rings. The topological polar surface area (TPSA) is 26.0 Å². The Morgan fingerprint density at radius 3 is 2.53 bits per heavy atom. The molecule has 1 nitrogen and oxygen atoms in total. The summed E-state index contributed by atoms with van der Waals surface area (Å²) in [5, 5.41) is 0. The molecule has 19 heavy (non-hydrogen) atoms. The zero-order valence-corrected chi connectivity index (χ0v) is 13.0. The van der Waals surface area contributed by atoms with Gasteiger partial charge >= 0.3 is 0 Å². The van der Waals surface area contributed by atoms with Gasteiger partial charge in [0.05, 0.1) is 0 Å². The lowest BCUT2D eigenvalue weighted by Gasteiger charge is -2.32. The molecule has 0 heterocycles. The fraction of sp³-hybridized carbons (Fsp3) is 0.667. The maximum atomic E-state index is 6.75. The average molecular weight is 259 g/mol. The molecule has 0 bridgehead atoms. The smallest absolute Gasteiger partial charge is 0.0409 e. The largest absolute Gasteiger partial charge is 0.321 e. The van der Waals surface area contributed by atoms with E-state index in [0.717, 1.165) is 18.8 Å². The van der Waals surface area contributed by atoms with Crippen molar-refractivity contribution < 1.29 is 0 Å². The van der Waals surface area contributed by atoms with Gasteiger partial charge in [0.1, 0.15) is 0 Å². The summed E-state index contributed by atoms with van der Waals surface area (Å²) in [7, 11) is 0. The number of hydrogen-bond donors (Lipinski definition) is 1. The molecule has 0 spiro atoms. The van der Waals surface area contributed by atoms with Crippen molar-refractivity contribution in [3.05, 3.63) is 35.4 Å². The van der Waals surface area contributed by atoms with Crippen LogP contribution in [0.5, 0.6) is 0 Å². The van der Waals surface area contributed by atoms with Crippen molar-refractivity contribution in [1.82, 2.24) is 0 Å². The summed E-state index contributed by atoms with van der Waals surface area (Å²) in [6.07, 6.45) is 6.09. The molecule has 1 aromatic carbocycles. The molecule has 1 heteroatoms. The zero-order valence-electron chi connectivity index (χ0n) is 13.0. The minimum absolute atomic E-state index is 0.105. The predicted octanol–water partition coefficient (Wildman–Crippen LogP) is 4.78. The summed E-state index contributed by atoms with van der Waals surface area (Å²) in [6.45, 7) is 9.26. The lowest BCUT2D eigenvalue weighted by Crippen LogP contribution is -2.36. The van der Waals surface area contributed by atoms with Crippen molar-refractivity contribution in [2.75, 3.05) is 0 Å². The minimum atomic E-state index is -0.105. The van der Waals surface area contributed by atoms with E-state index in [4.69, 9.17) is 5.73 Å². The third-order valence-electron chi connectivity index (χ3n) is 4.93. The first-order valence-corrected chi connectivity index (χ1v) is 7.67. The molecule has 1 saturated carbocycles. The van der Waals surface area contributed by atoms with Crippen molar-refractivity contribution in [3.63, 3.8) is 0 Å². The lowest BCUT2D eigenvalue weighted by atomic mass is 9.75. The molecule has 0 saturated heterocycles. The van der Waals surface area contributed by atoms with Gasteiger partial charge < -0.3 is 5.73 Å². The molecule has 0 amide bonds. The second kappa shape index (κ2) is 5.28. The van der Waals surface area contributed by atoms with Crippen LogP contribution in [0.15, 0.2) is 24.3 Å². The highest BCUT2D eigenvalue weighted by Gasteiger charge is 2.34. The normalized spacial score (nSPS) is 29.0. The van der Waals surface area contributed by atoms with Gasteiger partial charge in [-0.15, -0.1) is 0 Å². The van der Waals surface area contributed by atoms with Crippen LogP contribution in [-0.4, -0.2) is 0 Å². The van der Waals surface area contributed by atoms with E-state index >= 15 is 0 Å². The first kappa shape index (κ1) is 14.6. The van der Waals surface area contributed by atoms with Crippen LogP contribution in [0.4, 0.5) is 0 Å². The molecular weight excluding hydrogens is 230 g/mol. The van der Waals surface area contributed by atoms with E-state index in [9.17, 15) is 0 Å². The summed E-state index contributed by atoms with van der Waals surface area (Å²) < 4.78 is 0. The van der Waals surface area contributed by atoms with Crippen molar-refractivity contribution in [2.24, 2.45) is 17.1 Å². The Bertz CT molecular complexity index is 430. The van der Waals surface area contributed by atoms with Gasteiger partial charge in [0, 0.05) is 5.54 Å². The van der Waals surface area contributed by atoms with Crippen molar-refractivity contribution in [1.29, 1.82) is 0 Å². The average Bonchev–Trinajstić information content (AvgIpc) is 2.52. The number of rotatable bonds is 1. The fourth-order valence-electron chi connectivity index (χ4n) is 3.47. The van der Waals surface area contributed by atoms with Crippen LogP contribution >= 0.6 is 0 Å². The monoisotopic (exact) mass is 259 g/mol. The second-order valence-electron chi connectivity index (χ2n) is 7.52. The van der Waals surface area contributed by atoms with E-state index < -0.39 is 0 Å². The molecule has 106 valence electrons. The van der Waals surface area contributed by atoms with E-state index in [0.29, 0.717) is 5.41 Å².